The highest BCUT2D eigenvalue weighted by atomic mass is 16.5. The summed E-state index contributed by atoms with van der Waals surface area (Å²) in [4.78, 5) is 28.7. The second-order valence-electron chi connectivity index (χ2n) is 11.6. The summed E-state index contributed by atoms with van der Waals surface area (Å²) >= 11 is 0. The first-order valence-corrected chi connectivity index (χ1v) is 13.9. The number of aliphatic hydroxyl groups is 1. The molecule has 0 spiro atoms. The first-order valence-electron chi connectivity index (χ1n) is 13.9. The van der Waals surface area contributed by atoms with Crippen molar-refractivity contribution in [2.45, 2.75) is 59.4 Å². The monoisotopic (exact) mass is 541 g/mol. The van der Waals surface area contributed by atoms with Crippen LogP contribution in [-0.4, -0.2) is 30.0 Å². The minimum Gasteiger partial charge on any atom is -0.507 e. The summed E-state index contributed by atoms with van der Waals surface area (Å²) in [6.07, 6.45) is 0.842. The molecule has 1 heterocycles. The second-order valence-corrected chi connectivity index (χ2v) is 11.6. The highest BCUT2D eigenvalue weighted by molar-refractivity contribution is 6.51. The fraction of sp³-hybridized carbons (Fsp3) is 0.353. The summed E-state index contributed by atoms with van der Waals surface area (Å²) in [5, 5.41) is 11.6. The predicted octanol–water partition coefficient (Wildman–Crippen LogP) is 7.43. The number of rotatable bonds is 9. The van der Waals surface area contributed by atoms with E-state index in [1.165, 1.54) is 4.90 Å². The average molecular weight is 542 g/mol. The number of Topliss-reactive ketones (excluding diaryl/α,β-unsaturated/α-hetero) is 1. The third-order valence-electron chi connectivity index (χ3n) is 6.80. The summed E-state index contributed by atoms with van der Waals surface area (Å²) in [7, 11) is 0. The summed E-state index contributed by atoms with van der Waals surface area (Å²) in [5.74, 6) is -0.158. The van der Waals surface area contributed by atoms with Gasteiger partial charge in [0.15, 0.2) is 0 Å². The maximum Gasteiger partial charge on any atom is 0.300 e. The van der Waals surface area contributed by atoms with Gasteiger partial charge in [-0.2, -0.15) is 0 Å². The van der Waals surface area contributed by atoms with Gasteiger partial charge >= 0.3 is 0 Å². The third kappa shape index (κ3) is 6.22. The topological polar surface area (TPSA) is 76.1 Å². The number of aliphatic hydroxyl groups excluding tert-OH is 1. The van der Waals surface area contributed by atoms with E-state index in [4.69, 9.17) is 9.47 Å². The Morgan fingerprint density at radius 3 is 2.20 bits per heavy atom. The van der Waals surface area contributed by atoms with Crippen molar-refractivity contribution in [1.82, 2.24) is 0 Å². The number of benzene rings is 3. The number of ketones is 1. The van der Waals surface area contributed by atoms with E-state index in [1.807, 2.05) is 43.3 Å². The van der Waals surface area contributed by atoms with E-state index in [0.29, 0.717) is 41.9 Å². The number of hydrogen-bond acceptors (Lipinski definition) is 5. The Hall–Kier alpha value is -4.06. The highest BCUT2D eigenvalue weighted by Crippen LogP contribution is 2.43. The normalized spacial score (nSPS) is 17.0. The van der Waals surface area contributed by atoms with Crippen LogP contribution in [0.1, 0.15) is 70.7 Å². The molecule has 1 unspecified atom stereocenters. The van der Waals surface area contributed by atoms with Crippen LogP contribution in [0, 0.1) is 5.92 Å². The number of hydrogen-bond donors (Lipinski definition) is 1. The molecule has 1 aliphatic heterocycles. The zero-order valence-electron chi connectivity index (χ0n) is 24.2. The molecule has 40 heavy (non-hydrogen) atoms. The molecule has 1 atom stereocenters. The van der Waals surface area contributed by atoms with E-state index < -0.39 is 17.7 Å². The SMILES string of the molecule is CCCOc1cccc(N2C(=O)C(=O)/C(=C(/O)c3cccc(OCC(C)C)c3)C2c2ccc(C(C)(C)C)cc2)c1. The van der Waals surface area contributed by atoms with Crippen LogP contribution in [-0.2, 0) is 15.0 Å². The Morgan fingerprint density at radius 2 is 1.57 bits per heavy atom. The second kappa shape index (κ2) is 12.0. The third-order valence-corrected chi connectivity index (χ3v) is 6.80. The Labute approximate surface area is 237 Å². The van der Waals surface area contributed by atoms with Gasteiger partial charge in [-0.1, -0.05) is 84.0 Å². The van der Waals surface area contributed by atoms with Gasteiger partial charge in [0.2, 0.25) is 0 Å². The quantitative estimate of drug-likeness (QED) is 0.173. The van der Waals surface area contributed by atoms with Gasteiger partial charge in [-0.05, 0) is 53.1 Å². The zero-order valence-corrected chi connectivity index (χ0v) is 24.2. The highest BCUT2D eigenvalue weighted by Gasteiger charge is 2.47. The molecule has 6 nitrogen and oxygen atoms in total. The number of carbonyl (C=O) groups excluding carboxylic acids is 2. The molecular weight excluding hydrogens is 502 g/mol. The van der Waals surface area contributed by atoms with Crippen LogP contribution in [0.2, 0.25) is 0 Å². The summed E-state index contributed by atoms with van der Waals surface area (Å²) < 4.78 is 11.7. The number of anilines is 1. The van der Waals surface area contributed by atoms with Gasteiger partial charge in [-0.3, -0.25) is 14.5 Å². The van der Waals surface area contributed by atoms with Gasteiger partial charge in [-0.25, -0.2) is 0 Å². The van der Waals surface area contributed by atoms with E-state index in [-0.39, 0.29) is 16.7 Å². The van der Waals surface area contributed by atoms with E-state index in [1.54, 1.807) is 36.4 Å². The summed E-state index contributed by atoms with van der Waals surface area (Å²) in [6, 6.07) is 21.2. The molecule has 6 heteroatoms. The van der Waals surface area contributed by atoms with Gasteiger partial charge < -0.3 is 14.6 Å². The maximum absolute atomic E-state index is 13.6. The van der Waals surface area contributed by atoms with Crippen molar-refractivity contribution in [2.24, 2.45) is 5.92 Å². The smallest absolute Gasteiger partial charge is 0.300 e. The fourth-order valence-electron chi connectivity index (χ4n) is 4.67. The summed E-state index contributed by atoms with van der Waals surface area (Å²) in [5.41, 5.74) is 2.75. The fourth-order valence-corrected chi connectivity index (χ4v) is 4.67. The van der Waals surface area contributed by atoms with E-state index in [2.05, 4.69) is 34.6 Å². The molecule has 1 saturated heterocycles. The largest absolute Gasteiger partial charge is 0.507 e. The molecule has 1 fully saturated rings. The Morgan fingerprint density at radius 1 is 0.925 bits per heavy atom. The van der Waals surface area contributed by atoms with Crippen molar-refractivity contribution in [2.75, 3.05) is 18.1 Å². The minimum atomic E-state index is -0.823. The van der Waals surface area contributed by atoms with Crippen molar-refractivity contribution >= 4 is 23.1 Å². The van der Waals surface area contributed by atoms with Crippen LogP contribution in [0.4, 0.5) is 5.69 Å². The number of ether oxygens (including phenoxy) is 2. The predicted molar refractivity (Wildman–Crippen MR) is 159 cm³/mol. The van der Waals surface area contributed by atoms with Crippen LogP contribution >= 0.6 is 0 Å². The molecule has 3 aromatic rings. The zero-order chi connectivity index (χ0) is 29.0. The van der Waals surface area contributed by atoms with Crippen molar-refractivity contribution < 1.29 is 24.2 Å². The lowest BCUT2D eigenvalue weighted by Gasteiger charge is -2.27. The van der Waals surface area contributed by atoms with Crippen LogP contribution in [0.3, 0.4) is 0 Å². The minimum absolute atomic E-state index is 0.0365. The molecule has 1 amide bonds. The number of amides is 1. The molecular formula is C34H39NO5. The lowest BCUT2D eigenvalue weighted by Crippen LogP contribution is -2.29. The Bertz CT molecular complexity index is 1400. The molecule has 0 saturated carbocycles. The van der Waals surface area contributed by atoms with Gasteiger partial charge in [0.25, 0.3) is 11.7 Å². The van der Waals surface area contributed by atoms with E-state index in [0.717, 1.165) is 17.5 Å². The van der Waals surface area contributed by atoms with Gasteiger partial charge in [0.1, 0.15) is 17.3 Å². The Kier molecular flexibility index (Phi) is 8.67. The molecule has 0 aromatic heterocycles. The first kappa shape index (κ1) is 28.9. The standard InChI is InChI=1S/C34H39NO5/c1-7-18-39-28-13-9-11-26(20-28)35-30(23-14-16-25(17-15-23)34(4,5)6)29(32(37)33(35)38)31(36)24-10-8-12-27(19-24)40-21-22(2)3/h8-17,19-20,22,30,36H,7,18,21H2,1-6H3/b31-29+. The molecule has 3 aromatic carbocycles. The van der Waals surface area contributed by atoms with Crippen molar-refractivity contribution in [1.29, 1.82) is 0 Å². The van der Waals surface area contributed by atoms with Crippen LogP contribution in [0.5, 0.6) is 11.5 Å². The lowest BCUT2D eigenvalue weighted by atomic mass is 9.85. The lowest BCUT2D eigenvalue weighted by molar-refractivity contribution is -0.132. The van der Waals surface area contributed by atoms with Crippen LogP contribution in [0.15, 0.2) is 78.4 Å². The molecule has 0 aliphatic carbocycles. The van der Waals surface area contributed by atoms with Crippen molar-refractivity contribution in [3.8, 4) is 11.5 Å². The van der Waals surface area contributed by atoms with Crippen LogP contribution < -0.4 is 14.4 Å². The first-order chi connectivity index (χ1) is 19.0. The van der Waals surface area contributed by atoms with Crippen LogP contribution in [0.25, 0.3) is 5.76 Å². The number of nitrogens with zero attached hydrogens (tertiary/aromatic N) is 1. The molecule has 1 N–H and O–H groups in total. The maximum atomic E-state index is 13.6. The van der Waals surface area contributed by atoms with Gasteiger partial charge in [-0.15, -0.1) is 0 Å². The average Bonchev–Trinajstić information content (AvgIpc) is 3.20. The summed E-state index contributed by atoms with van der Waals surface area (Å²) in [6.45, 7) is 13.6. The van der Waals surface area contributed by atoms with E-state index in [9.17, 15) is 14.7 Å². The number of carbonyl (C=O) groups is 2. The molecule has 0 bridgehead atoms. The molecule has 210 valence electrons. The molecule has 4 rings (SSSR count). The Balaban J connectivity index is 1.86. The molecule has 0 radical (unpaired) electrons. The van der Waals surface area contributed by atoms with E-state index >= 15 is 0 Å². The van der Waals surface area contributed by atoms with Gasteiger partial charge in [0.05, 0.1) is 24.8 Å². The van der Waals surface area contributed by atoms with Crippen molar-refractivity contribution in [3.05, 3.63) is 95.1 Å². The molecule has 1 aliphatic rings. The van der Waals surface area contributed by atoms with Crippen molar-refractivity contribution in [3.63, 3.8) is 0 Å². The van der Waals surface area contributed by atoms with Gasteiger partial charge in [0, 0.05) is 17.3 Å².